The number of hydrogen-bond acceptors (Lipinski definition) is 2. The standard InChI is InChI=1S/C15H16ClNO2/c1-11-7-8-14(19-11)15(18)17-13-6-2-4-12(10-13)5-3-9-16/h2,4,6-8,10H,3,5,9H2,1H3,(H,17,18). The zero-order chi connectivity index (χ0) is 13.7. The third kappa shape index (κ3) is 3.86. The van der Waals surface area contributed by atoms with E-state index in [1.165, 1.54) is 0 Å². The van der Waals surface area contributed by atoms with Crippen LogP contribution in [-0.4, -0.2) is 11.8 Å². The van der Waals surface area contributed by atoms with E-state index in [0.717, 1.165) is 29.9 Å². The summed E-state index contributed by atoms with van der Waals surface area (Å²) in [5.74, 6) is 1.45. The quantitative estimate of drug-likeness (QED) is 0.839. The van der Waals surface area contributed by atoms with Gasteiger partial charge in [0.15, 0.2) is 5.76 Å². The molecule has 0 aliphatic carbocycles. The highest BCUT2D eigenvalue weighted by Crippen LogP contribution is 2.15. The van der Waals surface area contributed by atoms with Crippen LogP contribution < -0.4 is 5.32 Å². The summed E-state index contributed by atoms with van der Waals surface area (Å²) in [6.07, 6.45) is 1.84. The number of furan rings is 1. The maximum absolute atomic E-state index is 11.9. The van der Waals surface area contributed by atoms with Gasteiger partial charge in [0.05, 0.1) is 0 Å². The average Bonchev–Trinajstić information content (AvgIpc) is 2.83. The maximum Gasteiger partial charge on any atom is 0.291 e. The molecule has 0 saturated heterocycles. The molecule has 3 nitrogen and oxygen atoms in total. The molecule has 19 heavy (non-hydrogen) atoms. The minimum atomic E-state index is -0.234. The van der Waals surface area contributed by atoms with E-state index < -0.39 is 0 Å². The van der Waals surface area contributed by atoms with Crippen molar-refractivity contribution in [3.05, 3.63) is 53.5 Å². The van der Waals surface area contributed by atoms with Crippen molar-refractivity contribution in [2.24, 2.45) is 0 Å². The summed E-state index contributed by atoms with van der Waals surface area (Å²) in [5.41, 5.74) is 1.93. The molecule has 0 saturated carbocycles. The molecule has 100 valence electrons. The first-order valence-corrected chi connectivity index (χ1v) is 6.75. The first-order valence-electron chi connectivity index (χ1n) is 6.22. The minimum Gasteiger partial charge on any atom is -0.456 e. The van der Waals surface area contributed by atoms with Gasteiger partial charge in [0.25, 0.3) is 5.91 Å². The minimum absolute atomic E-state index is 0.234. The predicted molar refractivity (Wildman–Crippen MR) is 76.9 cm³/mol. The van der Waals surface area contributed by atoms with Gasteiger partial charge < -0.3 is 9.73 Å². The van der Waals surface area contributed by atoms with Crippen LogP contribution in [0.3, 0.4) is 0 Å². The highest BCUT2D eigenvalue weighted by molar-refractivity contribution is 6.17. The molecular weight excluding hydrogens is 262 g/mol. The lowest BCUT2D eigenvalue weighted by Crippen LogP contribution is -2.10. The molecule has 0 aliphatic rings. The third-order valence-electron chi connectivity index (χ3n) is 2.75. The lowest BCUT2D eigenvalue weighted by Gasteiger charge is -2.05. The average molecular weight is 278 g/mol. The van der Waals surface area contributed by atoms with Crippen molar-refractivity contribution in [2.75, 3.05) is 11.2 Å². The number of alkyl halides is 1. The molecule has 0 fully saturated rings. The second-order valence-electron chi connectivity index (χ2n) is 4.36. The van der Waals surface area contributed by atoms with Gasteiger partial charge in [0.2, 0.25) is 0 Å². The summed E-state index contributed by atoms with van der Waals surface area (Å²) in [6, 6.07) is 11.2. The Morgan fingerprint density at radius 1 is 1.32 bits per heavy atom. The molecule has 1 heterocycles. The summed E-state index contributed by atoms with van der Waals surface area (Å²) < 4.78 is 5.28. The fourth-order valence-electron chi connectivity index (χ4n) is 1.82. The van der Waals surface area contributed by atoms with Gasteiger partial charge in [0, 0.05) is 11.6 Å². The number of anilines is 1. The second-order valence-corrected chi connectivity index (χ2v) is 4.74. The van der Waals surface area contributed by atoms with Gasteiger partial charge in [-0.05, 0) is 49.6 Å². The molecule has 1 amide bonds. The number of aryl methyl sites for hydroxylation is 2. The SMILES string of the molecule is Cc1ccc(C(=O)Nc2cccc(CCCCl)c2)o1. The Morgan fingerprint density at radius 3 is 2.84 bits per heavy atom. The summed E-state index contributed by atoms with van der Waals surface area (Å²) in [7, 11) is 0. The molecule has 0 spiro atoms. The molecule has 2 aromatic rings. The van der Waals surface area contributed by atoms with E-state index in [-0.39, 0.29) is 5.91 Å². The maximum atomic E-state index is 11.9. The van der Waals surface area contributed by atoms with Crippen molar-refractivity contribution in [1.82, 2.24) is 0 Å². The zero-order valence-corrected chi connectivity index (χ0v) is 11.5. The smallest absolute Gasteiger partial charge is 0.291 e. The van der Waals surface area contributed by atoms with Gasteiger partial charge in [-0.25, -0.2) is 0 Å². The largest absolute Gasteiger partial charge is 0.456 e. The molecule has 1 aromatic heterocycles. The van der Waals surface area contributed by atoms with Crippen LogP contribution in [0.5, 0.6) is 0 Å². The number of benzene rings is 1. The Morgan fingerprint density at radius 2 is 2.16 bits per heavy atom. The van der Waals surface area contributed by atoms with Crippen molar-refractivity contribution in [1.29, 1.82) is 0 Å². The van der Waals surface area contributed by atoms with Gasteiger partial charge in [-0.2, -0.15) is 0 Å². The van der Waals surface area contributed by atoms with Gasteiger partial charge in [-0.1, -0.05) is 12.1 Å². The lowest BCUT2D eigenvalue weighted by molar-refractivity contribution is 0.0995. The Bertz CT molecular complexity index is 563. The predicted octanol–water partition coefficient (Wildman–Crippen LogP) is 4.01. The molecule has 0 atom stereocenters. The van der Waals surface area contributed by atoms with Gasteiger partial charge in [0.1, 0.15) is 5.76 Å². The van der Waals surface area contributed by atoms with E-state index >= 15 is 0 Å². The fraction of sp³-hybridized carbons (Fsp3) is 0.267. The molecule has 0 bridgehead atoms. The lowest BCUT2D eigenvalue weighted by atomic mass is 10.1. The van der Waals surface area contributed by atoms with E-state index in [4.69, 9.17) is 16.0 Å². The van der Waals surface area contributed by atoms with E-state index in [9.17, 15) is 4.79 Å². The summed E-state index contributed by atoms with van der Waals surface area (Å²) in [4.78, 5) is 11.9. The van der Waals surface area contributed by atoms with Crippen LogP contribution in [0.4, 0.5) is 5.69 Å². The van der Waals surface area contributed by atoms with E-state index in [2.05, 4.69) is 5.32 Å². The number of rotatable bonds is 5. The molecule has 0 radical (unpaired) electrons. The second kappa shape index (κ2) is 6.43. The van der Waals surface area contributed by atoms with Crippen molar-refractivity contribution in [3.63, 3.8) is 0 Å². The Balaban J connectivity index is 2.04. The highest BCUT2D eigenvalue weighted by atomic mass is 35.5. The van der Waals surface area contributed by atoms with E-state index in [1.807, 2.05) is 31.2 Å². The topological polar surface area (TPSA) is 42.2 Å². The molecule has 0 aliphatic heterocycles. The number of hydrogen-bond donors (Lipinski definition) is 1. The summed E-state index contributed by atoms with van der Waals surface area (Å²) in [5, 5.41) is 2.82. The van der Waals surface area contributed by atoms with E-state index in [0.29, 0.717) is 11.6 Å². The monoisotopic (exact) mass is 277 g/mol. The van der Waals surface area contributed by atoms with Gasteiger partial charge in [-0.3, -0.25) is 4.79 Å². The molecule has 1 N–H and O–H groups in total. The Kier molecular flexibility index (Phi) is 4.63. The fourth-order valence-corrected chi connectivity index (χ4v) is 1.96. The molecular formula is C15H16ClNO2. The van der Waals surface area contributed by atoms with Crippen LogP contribution in [0.2, 0.25) is 0 Å². The first-order chi connectivity index (χ1) is 9.19. The van der Waals surface area contributed by atoms with Crippen LogP contribution in [0.15, 0.2) is 40.8 Å². The van der Waals surface area contributed by atoms with Gasteiger partial charge >= 0.3 is 0 Å². The van der Waals surface area contributed by atoms with Crippen molar-refractivity contribution in [2.45, 2.75) is 19.8 Å². The van der Waals surface area contributed by atoms with Crippen molar-refractivity contribution in [3.8, 4) is 0 Å². The molecule has 2 rings (SSSR count). The third-order valence-corrected chi connectivity index (χ3v) is 3.02. The van der Waals surface area contributed by atoms with Crippen LogP contribution in [0.1, 0.15) is 28.3 Å². The van der Waals surface area contributed by atoms with Crippen LogP contribution in [-0.2, 0) is 6.42 Å². The van der Waals surface area contributed by atoms with Crippen LogP contribution >= 0.6 is 11.6 Å². The Labute approximate surface area is 117 Å². The number of amides is 1. The first kappa shape index (κ1) is 13.7. The van der Waals surface area contributed by atoms with Crippen molar-refractivity contribution >= 4 is 23.2 Å². The van der Waals surface area contributed by atoms with Crippen molar-refractivity contribution < 1.29 is 9.21 Å². The van der Waals surface area contributed by atoms with E-state index in [1.54, 1.807) is 12.1 Å². The van der Waals surface area contributed by atoms with Gasteiger partial charge in [-0.15, -0.1) is 11.6 Å². The van der Waals surface area contributed by atoms with Crippen LogP contribution in [0, 0.1) is 6.92 Å². The molecule has 4 heteroatoms. The number of carbonyl (C=O) groups excluding carboxylic acids is 1. The number of halogens is 1. The summed E-state index contributed by atoms with van der Waals surface area (Å²) in [6.45, 7) is 1.81. The normalized spacial score (nSPS) is 10.4. The highest BCUT2D eigenvalue weighted by Gasteiger charge is 2.10. The number of carbonyl (C=O) groups is 1. The Hall–Kier alpha value is -1.74. The van der Waals surface area contributed by atoms with Crippen LogP contribution in [0.25, 0.3) is 0 Å². The zero-order valence-electron chi connectivity index (χ0n) is 10.8. The molecule has 0 unspecified atom stereocenters. The summed E-state index contributed by atoms with van der Waals surface area (Å²) >= 11 is 5.68. The molecule has 1 aromatic carbocycles. The number of nitrogens with one attached hydrogen (secondary N) is 1.